The highest BCUT2D eigenvalue weighted by molar-refractivity contribution is 5.98. The zero-order valence-electron chi connectivity index (χ0n) is 12.1. The topological polar surface area (TPSA) is 66.6 Å². The third-order valence-corrected chi connectivity index (χ3v) is 3.90. The molecule has 0 spiro atoms. The van der Waals surface area contributed by atoms with Gasteiger partial charge in [0, 0.05) is 12.2 Å². The first-order valence-corrected chi connectivity index (χ1v) is 7.04. The molecule has 0 saturated heterocycles. The highest BCUT2D eigenvalue weighted by Gasteiger charge is 2.20. The Labute approximate surface area is 118 Å². The van der Waals surface area contributed by atoms with Crippen LogP contribution in [0.1, 0.15) is 44.0 Å². The normalized spacial score (nSPS) is 14.2. The molecule has 0 saturated carbocycles. The van der Waals surface area contributed by atoms with Crippen molar-refractivity contribution < 1.29 is 9.90 Å². The minimum atomic E-state index is -0.956. The fraction of sp³-hybridized carbons (Fsp3) is 0.467. The summed E-state index contributed by atoms with van der Waals surface area (Å²) in [4.78, 5) is 11.4. The molecule has 2 atom stereocenters. The van der Waals surface area contributed by atoms with Crippen LogP contribution in [0.5, 0.6) is 0 Å². The van der Waals surface area contributed by atoms with Crippen molar-refractivity contribution >= 4 is 17.2 Å². The van der Waals surface area contributed by atoms with Crippen molar-refractivity contribution in [2.45, 2.75) is 39.7 Å². The quantitative estimate of drug-likeness (QED) is 0.849. The second-order valence-electron chi connectivity index (χ2n) is 5.12. The molecule has 0 aliphatic heterocycles. The maximum absolute atomic E-state index is 11.4. The number of nitrogens with zero attached hydrogens (tertiary/aromatic N) is 2. The Bertz CT molecular complexity index is 606. The second-order valence-corrected chi connectivity index (χ2v) is 5.12. The molecule has 0 aliphatic rings. The van der Waals surface area contributed by atoms with Crippen LogP contribution in [0.4, 0.5) is 5.69 Å². The third-order valence-electron chi connectivity index (χ3n) is 3.90. The lowest BCUT2D eigenvalue weighted by atomic mass is 9.96. The number of rotatable bonds is 6. The van der Waals surface area contributed by atoms with Crippen LogP contribution in [0.2, 0.25) is 0 Å². The van der Waals surface area contributed by atoms with Gasteiger partial charge >= 0.3 is 5.97 Å². The Kier molecular flexibility index (Phi) is 4.27. The molecule has 2 aromatic heterocycles. The number of fused-ring (bicyclic) bond motifs is 1. The van der Waals surface area contributed by atoms with E-state index in [-0.39, 0.29) is 11.6 Å². The van der Waals surface area contributed by atoms with Crippen LogP contribution >= 0.6 is 0 Å². The summed E-state index contributed by atoms with van der Waals surface area (Å²) in [6.07, 6.45) is 5.22. The summed E-state index contributed by atoms with van der Waals surface area (Å²) in [5.74, 6) is -0.479. The van der Waals surface area contributed by atoms with Crippen LogP contribution in [-0.4, -0.2) is 26.7 Å². The van der Waals surface area contributed by atoms with E-state index in [9.17, 15) is 9.90 Å². The van der Waals surface area contributed by atoms with E-state index in [1.807, 2.05) is 18.3 Å². The lowest BCUT2D eigenvalue weighted by Crippen LogP contribution is -2.27. The van der Waals surface area contributed by atoms with Gasteiger partial charge in [0.25, 0.3) is 0 Å². The predicted molar refractivity (Wildman–Crippen MR) is 79.3 cm³/mol. The lowest BCUT2D eigenvalue weighted by molar-refractivity contribution is 0.0697. The average Bonchev–Trinajstić information content (AvgIpc) is 2.92. The second kappa shape index (κ2) is 5.94. The standard InChI is InChI=1S/C15H21N3O2/c1-4-10(3)12(5-2)17-14-11(15(19)20)9-16-18-8-6-7-13(14)18/h6-10,12,17H,4-5H2,1-3H3,(H,19,20). The van der Waals surface area contributed by atoms with Gasteiger partial charge in [0.1, 0.15) is 5.56 Å². The van der Waals surface area contributed by atoms with E-state index in [1.54, 1.807) is 4.52 Å². The van der Waals surface area contributed by atoms with Gasteiger partial charge in [0.05, 0.1) is 17.4 Å². The number of nitrogens with one attached hydrogen (secondary N) is 1. The molecule has 5 nitrogen and oxygen atoms in total. The maximum atomic E-state index is 11.4. The number of hydrogen-bond acceptors (Lipinski definition) is 3. The molecule has 2 unspecified atom stereocenters. The van der Waals surface area contributed by atoms with Gasteiger partial charge in [-0.3, -0.25) is 0 Å². The van der Waals surface area contributed by atoms with E-state index in [0.717, 1.165) is 18.4 Å². The Balaban J connectivity index is 2.47. The fourth-order valence-electron chi connectivity index (χ4n) is 2.42. The fourth-order valence-corrected chi connectivity index (χ4v) is 2.42. The number of anilines is 1. The van der Waals surface area contributed by atoms with E-state index in [4.69, 9.17) is 0 Å². The zero-order chi connectivity index (χ0) is 14.7. The molecule has 0 amide bonds. The van der Waals surface area contributed by atoms with Crippen LogP contribution < -0.4 is 5.32 Å². The van der Waals surface area contributed by atoms with E-state index >= 15 is 0 Å². The Morgan fingerprint density at radius 1 is 1.45 bits per heavy atom. The first-order valence-electron chi connectivity index (χ1n) is 7.04. The molecule has 0 aliphatic carbocycles. The summed E-state index contributed by atoms with van der Waals surface area (Å²) in [6.45, 7) is 6.44. The third kappa shape index (κ3) is 2.61. The van der Waals surface area contributed by atoms with Gasteiger partial charge in [-0.05, 0) is 24.5 Å². The first-order chi connectivity index (χ1) is 9.58. The van der Waals surface area contributed by atoms with Crippen molar-refractivity contribution in [3.63, 3.8) is 0 Å². The number of carbonyl (C=O) groups is 1. The van der Waals surface area contributed by atoms with E-state index < -0.39 is 5.97 Å². The monoisotopic (exact) mass is 275 g/mol. The molecule has 2 N–H and O–H groups in total. The van der Waals surface area contributed by atoms with Gasteiger partial charge in [-0.25, -0.2) is 9.31 Å². The summed E-state index contributed by atoms with van der Waals surface area (Å²) in [5, 5.41) is 16.9. The smallest absolute Gasteiger partial charge is 0.339 e. The van der Waals surface area contributed by atoms with E-state index in [0.29, 0.717) is 11.6 Å². The summed E-state index contributed by atoms with van der Waals surface area (Å²) in [7, 11) is 0. The van der Waals surface area contributed by atoms with Gasteiger partial charge in [-0.15, -0.1) is 0 Å². The lowest BCUT2D eigenvalue weighted by Gasteiger charge is -2.25. The largest absolute Gasteiger partial charge is 0.478 e. The number of hydrogen-bond donors (Lipinski definition) is 2. The highest BCUT2D eigenvalue weighted by atomic mass is 16.4. The molecule has 2 rings (SSSR count). The number of aromatic nitrogens is 2. The van der Waals surface area contributed by atoms with Crippen molar-refractivity contribution in [3.05, 3.63) is 30.1 Å². The van der Waals surface area contributed by atoms with Crippen LogP contribution in [0.3, 0.4) is 0 Å². The minimum Gasteiger partial charge on any atom is -0.478 e. The van der Waals surface area contributed by atoms with Crippen LogP contribution in [0.25, 0.3) is 5.52 Å². The molecule has 0 fully saturated rings. The highest BCUT2D eigenvalue weighted by Crippen LogP contribution is 2.25. The average molecular weight is 275 g/mol. The van der Waals surface area contributed by atoms with Gasteiger partial charge in [-0.1, -0.05) is 27.2 Å². The molecule has 0 bridgehead atoms. The van der Waals surface area contributed by atoms with Gasteiger partial charge in [0.15, 0.2) is 0 Å². The van der Waals surface area contributed by atoms with Crippen molar-refractivity contribution in [1.29, 1.82) is 0 Å². The van der Waals surface area contributed by atoms with Crippen molar-refractivity contribution in [2.24, 2.45) is 5.92 Å². The van der Waals surface area contributed by atoms with Gasteiger partial charge in [0.2, 0.25) is 0 Å². The van der Waals surface area contributed by atoms with Crippen LogP contribution in [0.15, 0.2) is 24.5 Å². The van der Waals surface area contributed by atoms with Crippen LogP contribution in [0, 0.1) is 5.92 Å². The number of carboxylic acid groups (broad SMARTS) is 1. The molecule has 20 heavy (non-hydrogen) atoms. The molecule has 0 aromatic carbocycles. The van der Waals surface area contributed by atoms with Crippen LogP contribution in [-0.2, 0) is 0 Å². The van der Waals surface area contributed by atoms with Gasteiger partial charge in [-0.2, -0.15) is 5.10 Å². The molecule has 108 valence electrons. The van der Waals surface area contributed by atoms with Gasteiger partial charge < -0.3 is 10.4 Å². The number of aromatic carboxylic acids is 1. The van der Waals surface area contributed by atoms with Crippen molar-refractivity contribution in [3.8, 4) is 0 Å². The summed E-state index contributed by atoms with van der Waals surface area (Å²) < 4.78 is 1.69. The molecule has 2 heterocycles. The molecule has 0 radical (unpaired) electrons. The summed E-state index contributed by atoms with van der Waals surface area (Å²) >= 11 is 0. The Morgan fingerprint density at radius 3 is 2.80 bits per heavy atom. The van der Waals surface area contributed by atoms with Crippen molar-refractivity contribution in [1.82, 2.24) is 9.61 Å². The molecule has 5 heteroatoms. The Hall–Kier alpha value is -2.04. The summed E-state index contributed by atoms with van der Waals surface area (Å²) in [6, 6.07) is 3.99. The predicted octanol–water partition coefficient (Wildman–Crippen LogP) is 3.27. The summed E-state index contributed by atoms with van der Waals surface area (Å²) in [5.41, 5.74) is 1.68. The first kappa shape index (κ1) is 14.4. The zero-order valence-corrected chi connectivity index (χ0v) is 12.1. The van der Waals surface area contributed by atoms with E-state index in [2.05, 4.69) is 31.2 Å². The number of carboxylic acids is 1. The SMILES string of the molecule is CCC(C)C(CC)Nc1c(C(=O)O)cnn2cccc12. The maximum Gasteiger partial charge on any atom is 0.339 e. The Morgan fingerprint density at radius 2 is 2.20 bits per heavy atom. The minimum absolute atomic E-state index is 0.220. The van der Waals surface area contributed by atoms with Crippen molar-refractivity contribution in [2.75, 3.05) is 5.32 Å². The molecular weight excluding hydrogens is 254 g/mol. The van der Waals surface area contributed by atoms with E-state index in [1.165, 1.54) is 6.20 Å². The molecule has 2 aromatic rings. The molecular formula is C15H21N3O2.